The molecule has 2 amide bonds. The molecule has 31 heavy (non-hydrogen) atoms. The number of aliphatic imine (C=N–C) groups is 1. The molecule has 0 bridgehead atoms. The highest BCUT2D eigenvalue weighted by atomic mass is 35.5. The number of benzene rings is 1. The van der Waals surface area contributed by atoms with Gasteiger partial charge in [0.2, 0.25) is 0 Å². The summed E-state index contributed by atoms with van der Waals surface area (Å²) in [4.78, 5) is 32.7. The Kier molecular flexibility index (Phi) is 7.64. The maximum atomic E-state index is 13.0. The van der Waals surface area contributed by atoms with E-state index in [-0.39, 0.29) is 27.1 Å². The molecule has 2 aromatic rings. The molecular formula is C19H16Cl2F3N5O2. The first-order valence-electron chi connectivity index (χ1n) is 8.51. The second-order valence-electron chi connectivity index (χ2n) is 6.08. The highest BCUT2D eigenvalue weighted by molar-refractivity contribution is 6.48. The van der Waals surface area contributed by atoms with Crippen molar-refractivity contribution in [3.8, 4) is 0 Å². The number of nitrogens with two attached hydrogens (primary N) is 1. The largest absolute Gasteiger partial charge is 0.430 e. The Morgan fingerprint density at radius 2 is 1.94 bits per heavy atom. The molecule has 0 saturated carbocycles. The Balaban J connectivity index is 2.58. The van der Waals surface area contributed by atoms with Crippen molar-refractivity contribution in [1.82, 2.24) is 10.3 Å². The number of nitrogens with one attached hydrogen (secondary N) is 2. The molecule has 0 saturated heterocycles. The third kappa shape index (κ3) is 6.19. The van der Waals surface area contributed by atoms with Gasteiger partial charge in [0.25, 0.3) is 11.8 Å². The van der Waals surface area contributed by atoms with E-state index in [0.717, 1.165) is 0 Å². The number of carbonyl (C=O) groups is 2. The summed E-state index contributed by atoms with van der Waals surface area (Å²) in [5.74, 6) is -1.85. The van der Waals surface area contributed by atoms with Gasteiger partial charge in [-0.1, -0.05) is 23.2 Å². The molecule has 0 aliphatic heterocycles. The van der Waals surface area contributed by atoms with Gasteiger partial charge in [0, 0.05) is 18.3 Å². The normalized spacial score (nSPS) is 12.5. The van der Waals surface area contributed by atoms with Crippen molar-refractivity contribution in [2.24, 2.45) is 10.7 Å². The number of hydrogen-bond donors (Lipinski definition) is 3. The summed E-state index contributed by atoms with van der Waals surface area (Å²) in [5.41, 5.74) is 3.20. The summed E-state index contributed by atoms with van der Waals surface area (Å²) in [7, 11) is 1.37. The fourth-order valence-electron chi connectivity index (χ4n) is 2.35. The maximum absolute atomic E-state index is 13.0. The molecule has 1 aromatic heterocycles. The van der Waals surface area contributed by atoms with Crippen LogP contribution < -0.4 is 16.4 Å². The van der Waals surface area contributed by atoms with Crippen LogP contribution >= 0.6 is 23.2 Å². The minimum atomic E-state index is -4.90. The van der Waals surface area contributed by atoms with Crippen LogP contribution in [-0.4, -0.2) is 35.7 Å². The monoisotopic (exact) mass is 473 g/mol. The number of amides is 2. The predicted molar refractivity (Wildman–Crippen MR) is 113 cm³/mol. The first-order chi connectivity index (χ1) is 14.4. The number of allylic oxidation sites excluding steroid dienone is 1. The van der Waals surface area contributed by atoms with Crippen molar-refractivity contribution in [2.75, 3.05) is 12.4 Å². The van der Waals surface area contributed by atoms with E-state index < -0.39 is 29.4 Å². The van der Waals surface area contributed by atoms with E-state index in [4.69, 9.17) is 28.9 Å². The second-order valence-corrected chi connectivity index (χ2v) is 6.93. The van der Waals surface area contributed by atoms with Crippen LogP contribution in [0.25, 0.3) is 0 Å². The third-order valence-corrected chi connectivity index (χ3v) is 4.34. The number of carbonyl (C=O) groups excluding carboxylic acids is 2. The number of hydrogen-bond acceptors (Lipinski definition) is 5. The SMILES string of the molecule is CNC(=O)c1cc(Cl)cc(C)c1NC(=O)C(C=C(N)C(F)(F)F)=Nc1ncccc1Cl. The molecule has 1 aromatic carbocycles. The zero-order chi connectivity index (χ0) is 23.3. The van der Waals surface area contributed by atoms with Gasteiger partial charge < -0.3 is 16.4 Å². The number of alkyl halides is 3. The predicted octanol–water partition coefficient (Wildman–Crippen LogP) is 4.17. The highest BCUT2D eigenvalue weighted by Crippen LogP contribution is 2.27. The van der Waals surface area contributed by atoms with Crippen molar-refractivity contribution in [3.63, 3.8) is 0 Å². The Morgan fingerprint density at radius 1 is 1.26 bits per heavy atom. The molecule has 0 unspecified atom stereocenters. The summed E-state index contributed by atoms with van der Waals surface area (Å²) in [6.07, 6.45) is -3.26. The van der Waals surface area contributed by atoms with E-state index in [1.807, 2.05) is 0 Å². The van der Waals surface area contributed by atoms with Crippen LogP contribution in [0.1, 0.15) is 15.9 Å². The second kappa shape index (κ2) is 9.80. The minimum absolute atomic E-state index is 0.000466. The number of halogens is 5. The summed E-state index contributed by atoms with van der Waals surface area (Å²) < 4.78 is 38.9. The van der Waals surface area contributed by atoms with E-state index in [1.54, 1.807) is 6.92 Å². The van der Waals surface area contributed by atoms with E-state index in [0.29, 0.717) is 11.6 Å². The van der Waals surface area contributed by atoms with Crippen LogP contribution in [0, 0.1) is 6.92 Å². The zero-order valence-electron chi connectivity index (χ0n) is 16.1. The van der Waals surface area contributed by atoms with E-state index in [1.165, 1.54) is 37.5 Å². The van der Waals surface area contributed by atoms with Crippen LogP contribution in [-0.2, 0) is 4.79 Å². The molecule has 0 fully saturated rings. The van der Waals surface area contributed by atoms with Gasteiger partial charge in [-0.3, -0.25) is 9.59 Å². The smallest absolute Gasteiger partial charge is 0.395 e. The molecule has 0 aliphatic rings. The van der Waals surface area contributed by atoms with Crippen molar-refractivity contribution >= 4 is 52.2 Å². The number of aryl methyl sites for hydroxylation is 1. The van der Waals surface area contributed by atoms with Crippen LogP contribution in [0.2, 0.25) is 10.0 Å². The Hall–Kier alpha value is -3.11. The lowest BCUT2D eigenvalue weighted by Gasteiger charge is -2.14. The Bertz CT molecular complexity index is 1080. The topological polar surface area (TPSA) is 109 Å². The minimum Gasteiger partial charge on any atom is -0.395 e. The van der Waals surface area contributed by atoms with E-state index in [9.17, 15) is 22.8 Å². The molecule has 164 valence electrons. The van der Waals surface area contributed by atoms with E-state index >= 15 is 0 Å². The number of nitrogens with zero attached hydrogens (tertiary/aromatic N) is 2. The summed E-state index contributed by atoms with van der Waals surface area (Å²) in [6.45, 7) is 1.56. The zero-order valence-corrected chi connectivity index (χ0v) is 17.7. The lowest BCUT2D eigenvalue weighted by Crippen LogP contribution is -2.28. The lowest BCUT2D eigenvalue weighted by atomic mass is 10.1. The van der Waals surface area contributed by atoms with Gasteiger partial charge in [-0.2, -0.15) is 13.2 Å². The van der Waals surface area contributed by atoms with Gasteiger partial charge in [-0.15, -0.1) is 0 Å². The van der Waals surface area contributed by atoms with Crippen molar-refractivity contribution < 1.29 is 22.8 Å². The first-order valence-corrected chi connectivity index (χ1v) is 9.26. The highest BCUT2D eigenvalue weighted by Gasteiger charge is 2.32. The third-order valence-electron chi connectivity index (χ3n) is 3.83. The molecule has 2 rings (SSSR count). The Labute approximate surface area is 185 Å². The van der Waals surface area contributed by atoms with Gasteiger partial charge in [0.05, 0.1) is 16.3 Å². The average molecular weight is 474 g/mol. The van der Waals surface area contributed by atoms with Crippen molar-refractivity contribution in [2.45, 2.75) is 13.1 Å². The standard InChI is InChI=1S/C19H16Cl2F3N5O2/c1-9-6-10(20)7-11(17(30)26-2)15(9)29-18(31)13(8-14(25)19(22,23)24)28-16-12(21)4-3-5-27-16/h3-8H,25H2,1-2H3,(H,26,30)(H,29,31). The molecule has 0 radical (unpaired) electrons. The van der Waals surface area contributed by atoms with Gasteiger partial charge in [0.1, 0.15) is 11.4 Å². The van der Waals surface area contributed by atoms with Crippen LogP contribution in [0.4, 0.5) is 24.7 Å². The maximum Gasteiger partial charge on any atom is 0.430 e. The lowest BCUT2D eigenvalue weighted by molar-refractivity contribution is -0.110. The molecule has 1 heterocycles. The number of aromatic nitrogens is 1. The molecule has 0 aliphatic carbocycles. The van der Waals surface area contributed by atoms with Crippen molar-refractivity contribution in [3.05, 3.63) is 63.4 Å². The molecule has 7 nitrogen and oxygen atoms in total. The van der Waals surface area contributed by atoms with Gasteiger partial charge >= 0.3 is 6.18 Å². The number of pyridine rings is 1. The average Bonchev–Trinajstić information content (AvgIpc) is 2.69. The molecule has 0 atom stereocenters. The van der Waals surface area contributed by atoms with Gasteiger partial charge in [-0.05, 0) is 42.8 Å². The van der Waals surface area contributed by atoms with Crippen molar-refractivity contribution in [1.29, 1.82) is 0 Å². The quantitative estimate of drug-likeness (QED) is 0.565. The summed E-state index contributed by atoms with van der Waals surface area (Å²) in [5, 5.41) is 5.01. The molecular weight excluding hydrogens is 458 g/mol. The fourth-order valence-corrected chi connectivity index (χ4v) is 2.79. The molecule has 0 spiro atoms. The summed E-state index contributed by atoms with van der Waals surface area (Å²) in [6, 6.07) is 5.64. The number of anilines is 1. The number of rotatable bonds is 5. The van der Waals surface area contributed by atoms with E-state index in [2.05, 4.69) is 20.6 Å². The summed E-state index contributed by atoms with van der Waals surface area (Å²) >= 11 is 11.9. The van der Waals surface area contributed by atoms with Gasteiger partial charge in [-0.25, -0.2) is 9.98 Å². The Morgan fingerprint density at radius 3 is 2.52 bits per heavy atom. The first kappa shape index (κ1) is 24.2. The van der Waals surface area contributed by atoms with Crippen LogP contribution in [0.5, 0.6) is 0 Å². The van der Waals surface area contributed by atoms with Gasteiger partial charge in [0.15, 0.2) is 5.82 Å². The van der Waals surface area contributed by atoms with Crippen LogP contribution in [0.15, 0.2) is 47.2 Å². The molecule has 4 N–H and O–H groups in total. The molecule has 12 heteroatoms. The van der Waals surface area contributed by atoms with Crippen LogP contribution in [0.3, 0.4) is 0 Å². The fraction of sp³-hybridized carbons (Fsp3) is 0.158.